The number of carbonyl (C=O) groups is 2. The van der Waals surface area contributed by atoms with Gasteiger partial charge in [0.25, 0.3) is 0 Å². The number of amides is 1. The molecule has 0 bridgehead atoms. The second-order valence-electron chi connectivity index (χ2n) is 4.84. The summed E-state index contributed by atoms with van der Waals surface area (Å²) in [7, 11) is 1.57. The first-order valence-electron chi connectivity index (χ1n) is 6.71. The van der Waals surface area contributed by atoms with Crippen LogP contribution in [0.1, 0.15) is 25.7 Å². The maximum atomic E-state index is 11.5. The Morgan fingerprint density at radius 3 is 2.68 bits per heavy atom. The van der Waals surface area contributed by atoms with Crippen LogP contribution in [0.25, 0.3) is 0 Å². The summed E-state index contributed by atoms with van der Waals surface area (Å²) in [6.07, 6.45) is 3.57. The van der Waals surface area contributed by atoms with Crippen molar-refractivity contribution >= 4 is 11.9 Å². The monoisotopic (exact) mass is 273 g/mol. The van der Waals surface area contributed by atoms with Crippen LogP contribution < -0.4 is 5.32 Å². The molecule has 1 amide bonds. The number of nitrogens with one attached hydrogen (secondary N) is 1. The topological polar surface area (TPSA) is 84.9 Å². The fraction of sp³-hybridized carbons (Fsp3) is 0.846. The van der Waals surface area contributed by atoms with Crippen LogP contribution in [-0.2, 0) is 19.1 Å². The maximum absolute atomic E-state index is 11.5. The van der Waals surface area contributed by atoms with Gasteiger partial charge in [0.1, 0.15) is 6.61 Å². The molecule has 0 spiro atoms. The Kier molecular flexibility index (Phi) is 7.43. The molecule has 1 fully saturated rings. The van der Waals surface area contributed by atoms with E-state index in [-0.39, 0.29) is 24.3 Å². The number of rotatable bonds is 8. The summed E-state index contributed by atoms with van der Waals surface area (Å²) < 4.78 is 9.89. The smallest absolute Gasteiger partial charge is 0.306 e. The molecule has 0 aliphatic heterocycles. The van der Waals surface area contributed by atoms with Gasteiger partial charge < -0.3 is 19.9 Å². The minimum absolute atomic E-state index is 0.00613. The van der Waals surface area contributed by atoms with Gasteiger partial charge in [0.2, 0.25) is 5.91 Å². The molecule has 6 heteroatoms. The summed E-state index contributed by atoms with van der Waals surface area (Å²) >= 11 is 0. The van der Waals surface area contributed by atoms with Crippen LogP contribution >= 0.6 is 0 Å². The molecule has 19 heavy (non-hydrogen) atoms. The van der Waals surface area contributed by atoms with E-state index < -0.39 is 5.97 Å². The molecular weight excluding hydrogens is 250 g/mol. The third-order valence-electron chi connectivity index (χ3n) is 3.45. The lowest BCUT2D eigenvalue weighted by Gasteiger charge is -2.28. The number of methoxy groups -OCH3 is 1. The molecule has 0 unspecified atom stereocenters. The Labute approximate surface area is 113 Å². The standard InChI is InChI=1S/C13H23NO5/c1-18-6-7-19-9-12(15)14-8-10-4-2-3-5-11(10)13(16)17/h10-11H,2-9H2,1H3,(H,14,15)(H,16,17)/t10-,11-/m0/s1. The third kappa shape index (κ3) is 6.02. The first kappa shape index (κ1) is 15.9. The second-order valence-corrected chi connectivity index (χ2v) is 4.84. The van der Waals surface area contributed by atoms with Gasteiger partial charge in [-0.05, 0) is 18.8 Å². The first-order chi connectivity index (χ1) is 9.15. The first-order valence-corrected chi connectivity index (χ1v) is 6.71. The van der Waals surface area contributed by atoms with E-state index in [4.69, 9.17) is 14.6 Å². The van der Waals surface area contributed by atoms with Gasteiger partial charge in [-0.2, -0.15) is 0 Å². The molecule has 0 aromatic carbocycles. The fourth-order valence-electron chi connectivity index (χ4n) is 2.38. The predicted molar refractivity (Wildman–Crippen MR) is 68.8 cm³/mol. The summed E-state index contributed by atoms with van der Waals surface area (Å²) in [4.78, 5) is 22.6. The molecular formula is C13H23NO5. The van der Waals surface area contributed by atoms with Gasteiger partial charge in [0.15, 0.2) is 0 Å². The van der Waals surface area contributed by atoms with Crippen molar-refractivity contribution in [2.24, 2.45) is 11.8 Å². The van der Waals surface area contributed by atoms with E-state index >= 15 is 0 Å². The highest BCUT2D eigenvalue weighted by Crippen LogP contribution is 2.29. The summed E-state index contributed by atoms with van der Waals surface area (Å²) in [5.41, 5.74) is 0. The summed E-state index contributed by atoms with van der Waals surface area (Å²) in [5, 5.41) is 11.9. The lowest BCUT2D eigenvalue weighted by Crippen LogP contribution is -2.38. The Balaban J connectivity index is 2.22. The van der Waals surface area contributed by atoms with Gasteiger partial charge in [-0.15, -0.1) is 0 Å². The normalized spacial score (nSPS) is 23.0. The van der Waals surface area contributed by atoms with Crippen LogP contribution in [0.5, 0.6) is 0 Å². The molecule has 0 heterocycles. The van der Waals surface area contributed by atoms with E-state index in [1.54, 1.807) is 7.11 Å². The van der Waals surface area contributed by atoms with Crippen LogP contribution in [0.4, 0.5) is 0 Å². The molecule has 2 atom stereocenters. The zero-order chi connectivity index (χ0) is 14.1. The molecule has 1 aliphatic carbocycles. The molecule has 2 N–H and O–H groups in total. The van der Waals surface area contributed by atoms with Gasteiger partial charge >= 0.3 is 5.97 Å². The van der Waals surface area contributed by atoms with Crippen molar-refractivity contribution in [2.75, 3.05) is 33.5 Å². The van der Waals surface area contributed by atoms with Crippen molar-refractivity contribution in [3.8, 4) is 0 Å². The van der Waals surface area contributed by atoms with Gasteiger partial charge in [-0.3, -0.25) is 9.59 Å². The quantitative estimate of drug-likeness (QED) is 0.634. The average Bonchev–Trinajstić information content (AvgIpc) is 2.41. The molecule has 6 nitrogen and oxygen atoms in total. The van der Waals surface area contributed by atoms with Crippen molar-refractivity contribution in [1.29, 1.82) is 0 Å². The number of carboxylic acid groups (broad SMARTS) is 1. The minimum atomic E-state index is -0.754. The zero-order valence-electron chi connectivity index (χ0n) is 11.4. The van der Waals surface area contributed by atoms with Crippen LogP contribution in [0.2, 0.25) is 0 Å². The number of carboxylic acids is 1. The number of hydrogen-bond acceptors (Lipinski definition) is 4. The van der Waals surface area contributed by atoms with Crippen LogP contribution in [0.15, 0.2) is 0 Å². The highest BCUT2D eigenvalue weighted by atomic mass is 16.5. The average molecular weight is 273 g/mol. The maximum Gasteiger partial charge on any atom is 0.306 e. The fourth-order valence-corrected chi connectivity index (χ4v) is 2.38. The van der Waals surface area contributed by atoms with Crippen LogP contribution in [0, 0.1) is 11.8 Å². The lowest BCUT2D eigenvalue weighted by molar-refractivity contribution is -0.145. The van der Waals surface area contributed by atoms with E-state index in [1.807, 2.05) is 0 Å². The molecule has 1 saturated carbocycles. The lowest BCUT2D eigenvalue weighted by atomic mass is 9.79. The van der Waals surface area contributed by atoms with E-state index in [0.717, 1.165) is 19.3 Å². The Morgan fingerprint density at radius 2 is 2.00 bits per heavy atom. The molecule has 110 valence electrons. The van der Waals surface area contributed by atoms with Gasteiger partial charge in [0, 0.05) is 13.7 Å². The largest absolute Gasteiger partial charge is 0.481 e. The molecule has 0 aromatic heterocycles. The zero-order valence-corrected chi connectivity index (χ0v) is 11.4. The van der Waals surface area contributed by atoms with E-state index in [0.29, 0.717) is 26.2 Å². The van der Waals surface area contributed by atoms with E-state index in [1.165, 1.54) is 0 Å². The molecule has 0 radical (unpaired) electrons. The van der Waals surface area contributed by atoms with Crippen molar-refractivity contribution in [3.05, 3.63) is 0 Å². The van der Waals surface area contributed by atoms with Crippen molar-refractivity contribution in [3.63, 3.8) is 0 Å². The van der Waals surface area contributed by atoms with E-state index in [2.05, 4.69) is 5.32 Å². The van der Waals surface area contributed by atoms with Crippen LogP contribution in [0.3, 0.4) is 0 Å². The van der Waals surface area contributed by atoms with Gasteiger partial charge in [0.05, 0.1) is 19.1 Å². The Bertz CT molecular complexity index is 295. The third-order valence-corrected chi connectivity index (χ3v) is 3.45. The van der Waals surface area contributed by atoms with Crippen molar-refractivity contribution in [2.45, 2.75) is 25.7 Å². The number of aliphatic carboxylic acids is 1. The summed E-state index contributed by atoms with van der Waals surface area (Å²) in [5.74, 6) is -1.25. The Hall–Kier alpha value is -1.14. The number of hydrogen-bond donors (Lipinski definition) is 2. The molecule has 0 aromatic rings. The Morgan fingerprint density at radius 1 is 1.26 bits per heavy atom. The summed E-state index contributed by atoms with van der Waals surface area (Å²) in [6.45, 7) is 1.25. The number of ether oxygens (including phenoxy) is 2. The molecule has 1 rings (SSSR count). The van der Waals surface area contributed by atoms with Gasteiger partial charge in [-0.25, -0.2) is 0 Å². The molecule has 0 saturated heterocycles. The second kappa shape index (κ2) is 8.87. The highest BCUT2D eigenvalue weighted by Gasteiger charge is 2.30. The number of carbonyl (C=O) groups excluding carboxylic acids is 1. The highest BCUT2D eigenvalue weighted by molar-refractivity contribution is 5.77. The minimum Gasteiger partial charge on any atom is -0.481 e. The molecule has 1 aliphatic rings. The van der Waals surface area contributed by atoms with E-state index in [9.17, 15) is 9.59 Å². The summed E-state index contributed by atoms with van der Waals surface area (Å²) in [6, 6.07) is 0. The van der Waals surface area contributed by atoms with Crippen molar-refractivity contribution in [1.82, 2.24) is 5.32 Å². The SMILES string of the molecule is COCCOCC(=O)NC[C@@H]1CCCC[C@@H]1C(=O)O. The van der Waals surface area contributed by atoms with Gasteiger partial charge in [-0.1, -0.05) is 12.8 Å². The van der Waals surface area contributed by atoms with Crippen LogP contribution in [-0.4, -0.2) is 50.5 Å². The van der Waals surface area contributed by atoms with Crippen molar-refractivity contribution < 1.29 is 24.2 Å². The predicted octanol–water partition coefficient (Wildman–Crippen LogP) is 0.657.